The lowest BCUT2D eigenvalue weighted by atomic mass is 10.1. The molecule has 3 aromatic rings. The minimum absolute atomic E-state index is 0.574. The first kappa shape index (κ1) is 19.6. The van der Waals surface area contributed by atoms with Gasteiger partial charge in [0.15, 0.2) is 0 Å². The van der Waals surface area contributed by atoms with Crippen LogP contribution in [0.4, 0.5) is 5.69 Å². The maximum atomic E-state index is 12.1. The number of hydrazone groups is 1. The van der Waals surface area contributed by atoms with Gasteiger partial charge in [-0.15, -0.1) is 0 Å². The Morgan fingerprint density at radius 3 is 2.32 bits per heavy atom. The van der Waals surface area contributed by atoms with Gasteiger partial charge in [0, 0.05) is 28.2 Å². The van der Waals surface area contributed by atoms with Crippen LogP contribution in [0.3, 0.4) is 0 Å². The highest BCUT2D eigenvalue weighted by atomic mass is 79.9. The smallest absolute Gasteiger partial charge is 0.324 e. The Morgan fingerprint density at radius 1 is 1.00 bits per heavy atom. The van der Waals surface area contributed by atoms with Crippen molar-refractivity contribution in [3.8, 4) is 5.69 Å². The fourth-order valence-electron chi connectivity index (χ4n) is 2.58. The van der Waals surface area contributed by atoms with Crippen LogP contribution >= 0.6 is 15.9 Å². The summed E-state index contributed by atoms with van der Waals surface area (Å²) >= 11 is 3.36. The average molecular weight is 439 g/mol. The number of hydrogen-bond donors (Lipinski definition) is 2. The lowest BCUT2D eigenvalue weighted by Crippen LogP contribution is -2.33. The van der Waals surface area contributed by atoms with Crippen molar-refractivity contribution in [2.45, 2.75) is 13.8 Å². The predicted octanol–water partition coefficient (Wildman–Crippen LogP) is 4.03. The molecule has 0 bridgehead atoms. The van der Waals surface area contributed by atoms with Gasteiger partial charge in [-0.1, -0.05) is 28.1 Å². The van der Waals surface area contributed by atoms with E-state index in [2.05, 4.69) is 31.8 Å². The van der Waals surface area contributed by atoms with Crippen LogP contribution < -0.4 is 10.7 Å². The van der Waals surface area contributed by atoms with Crippen LogP contribution in [0.2, 0.25) is 0 Å². The Balaban J connectivity index is 1.62. The van der Waals surface area contributed by atoms with E-state index in [1.165, 1.54) is 0 Å². The van der Waals surface area contributed by atoms with Gasteiger partial charge in [-0.05, 0) is 67.4 Å². The Morgan fingerprint density at radius 2 is 1.68 bits per heavy atom. The van der Waals surface area contributed by atoms with Gasteiger partial charge in [0.05, 0.1) is 5.71 Å². The van der Waals surface area contributed by atoms with E-state index in [4.69, 9.17) is 0 Å². The molecule has 1 heterocycles. The fourth-order valence-corrected chi connectivity index (χ4v) is 3.05. The zero-order valence-electron chi connectivity index (χ0n) is 15.4. The summed E-state index contributed by atoms with van der Waals surface area (Å²) < 4.78 is 2.89. The quantitative estimate of drug-likeness (QED) is 0.366. The van der Waals surface area contributed by atoms with E-state index in [0.29, 0.717) is 11.4 Å². The van der Waals surface area contributed by atoms with Gasteiger partial charge in [0.2, 0.25) is 0 Å². The molecular weight excluding hydrogens is 420 g/mol. The van der Waals surface area contributed by atoms with E-state index in [0.717, 1.165) is 21.3 Å². The molecule has 142 valence electrons. The van der Waals surface area contributed by atoms with Crippen LogP contribution in [0, 0.1) is 6.92 Å². The molecule has 0 atom stereocenters. The Kier molecular flexibility index (Phi) is 6.06. The number of nitrogens with one attached hydrogen (secondary N) is 2. The SMILES string of the molecule is C/C(=N\NC(=O)C(=O)Nc1ccc(Br)cc1C)c1ccc(-n2cccc2)cc1. The number of carbonyl (C=O) groups excluding carboxylic acids is 2. The lowest BCUT2D eigenvalue weighted by molar-refractivity contribution is -0.136. The molecule has 0 saturated heterocycles. The van der Waals surface area contributed by atoms with Crippen molar-refractivity contribution < 1.29 is 9.59 Å². The zero-order valence-corrected chi connectivity index (χ0v) is 17.0. The first-order valence-electron chi connectivity index (χ1n) is 8.59. The minimum atomic E-state index is -0.828. The molecule has 0 aliphatic rings. The van der Waals surface area contributed by atoms with E-state index in [1.807, 2.05) is 66.3 Å². The normalized spacial score (nSPS) is 11.2. The highest BCUT2D eigenvalue weighted by molar-refractivity contribution is 9.10. The molecule has 0 unspecified atom stereocenters. The van der Waals surface area contributed by atoms with Crippen molar-refractivity contribution in [3.63, 3.8) is 0 Å². The predicted molar refractivity (Wildman–Crippen MR) is 114 cm³/mol. The van der Waals surface area contributed by atoms with Crippen molar-refractivity contribution in [1.82, 2.24) is 9.99 Å². The first-order chi connectivity index (χ1) is 13.4. The van der Waals surface area contributed by atoms with Gasteiger partial charge in [-0.3, -0.25) is 9.59 Å². The number of amides is 2. The van der Waals surface area contributed by atoms with Crippen LogP contribution in [0.15, 0.2) is 76.6 Å². The van der Waals surface area contributed by atoms with Gasteiger partial charge in [0.25, 0.3) is 0 Å². The number of nitrogens with zero attached hydrogens (tertiary/aromatic N) is 2. The Bertz CT molecular complexity index is 1030. The van der Waals surface area contributed by atoms with E-state index < -0.39 is 11.8 Å². The summed E-state index contributed by atoms with van der Waals surface area (Å²) in [4.78, 5) is 24.1. The third-order valence-electron chi connectivity index (χ3n) is 4.16. The largest absolute Gasteiger partial charge is 0.329 e. The molecule has 0 aliphatic carbocycles. The number of aromatic nitrogens is 1. The minimum Gasteiger partial charge on any atom is -0.324 e. The molecule has 6 nitrogen and oxygen atoms in total. The van der Waals surface area contributed by atoms with Crippen LogP contribution in [-0.2, 0) is 9.59 Å². The van der Waals surface area contributed by atoms with Gasteiger partial charge in [-0.25, -0.2) is 5.43 Å². The molecule has 0 spiro atoms. The van der Waals surface area contributed by atoms with Gasteiger partial charge in [0.1, 0.15) is 0 Å². The van der Waals surface area contributed by atoms with Crippen LogP contribution in [0.5, 0.6) is 0 Å². The standard InChI is InChI=1S/C21H19BrN4O2/c1-14-13-17(22)7-10-19(14)23-20(27)21(28)25-24-15(2)16-5-8-18(9-6-16)26-11-3-4-12-26/h3-13H,1-2H3,(H,23,27)(H,25,28)/b24-15+. The molecule has 2 amide bonds. The second-order valence-electron chi connectivity index (χ2n) is 6.19. The number of benzene rings is 2. The molecule has 1 aromatic heterocycles. The highest BCUT2D eigenvalue weighted by Crippen LogP contribution is 2.19. The third-order valence-corrected chi connectivity index (χ3v) is 4.65. The van der Waals surface area contributed by atoms with Crippen molar-refractivity contribution in [2.24, 2.45) is 5.10 Å². The Hall–Kier alpha value is -3.19. The summed E-state index contributed by atoms with van der Waals surface area (Å²) in [5.41, 5.74) is 6.18. The fraction of sp³-hybridized carbons (Fsp3) is 0.0952. The van der Waals surface area contributed by atoms with E-state index >= 15 is 0 Å². The first-order valence-corrected chi connectivity index (χ1v) is 9.39. The summed E-state index contributed by atoms with van der Waals surface area (Å²) in [6, 6.07) is 17.0. The molecule has 28 heavy (non-hydrogen) atoms. The monoisotopic (exact) mass is 438 g/mol. The van der Waals surface area contributed by atoms with Crippen LogP contribution in [-0.4, -0.2) is 22.1 Å². The summed E-state index contributed by atoms with van der Waals surface area (Å²) in [5, 5.41) is 6.61. The molecule has 7 heteroatoms. The van der Waals surface area contributed by atoms with Crippen molar-refractivity contribution >= 4 is 39.1 Å². The molecule has 0 radical (unpaired) electrons. The summed E-state index contributed by atoms with van der Waals surface area (Å²) in [6.45, 7) is 3.61. The lowest BCUT2D eigenvalue weighted by Gasteiger charge is -2.08. The van der Waals surface area contributed by atoms with Crippen molar-refractivity contribution in [2.75, 3.05) is 5.32 Å². The van der Waals surface area contributed by atoms with Crippen LogP contribution in [0.25, 0.3) is 5.69 Å². The topological polar surface area (TPSA) is 75.5 Å². The second kappa shape index (κ2) is 8.67. The molecule has 0 saturated carbocycles. The number of rotatable bonds is 4. The summed E-state index contributed by atoms with van der Waals surface area (Å²) in [6.07, 6.45) is 3.92. The molecular formula is C21H19BrN4O2. The number of anilines is 1. The van der Waals surface area contributed by atoms with E-state index in [9.17, 15) is 9.59 Å². The van der Waals surface area contributed by atoms with Crippen LogP contribution in [0.1, 0.15) is 18.1 Å². The van der Waals surface area contributed by atoms with Gasteiger partial charge in [-0.2, -0.15) is 5.10 Å². The molecule has 3 rings (SSSR count). The third kappa shape index (κ3) is 4.75. The second-order valence-corrected chi connectivity index (χ2v) is 7.10. The molecule has 0 aliphatic heterocycles. The van der Waals surface area contributed by atoms with Crippen molar-refractivity contribution in [3.05, 3.63) is 82.6 Å². The van der Waals surface area contributed by atoms with E-state index in [1.54, 1.807) is 19.1 Å². The highest BCUT2D eigenvalue weighted by Gasteiger charge is 2.14. The average Bonchev–Trinajstić information content (AvgIpc) is 3.23. The van der Waals surface area contributed by atoms with Crippen molar-refractivity contribution in [1.29, 1.82) is 0 Å². The van der Waals surface area contributed by atoms with Gasteiger partial charge >= 0.3 is 11.8 Å². The number of aryl methyl sites for hydroxylation is 1. The summed E-state index contributed by atoms with van der Waals surface area (Å²) in [7, 11) is 0. The zero-order chi connectivity index (χ0) is 20.1. The number of halogens is 1. The number of carbonyl (C=O) groups is 2. The maximum absolute atomic E-state index is 12.1. The Labute approximate surface area is 171 Å². The molecule has 2 N–H and O–H groups in total. The maximum Gasteiger partial charge on any atom is 0.329 e. The number of hydrogen-bond acceptors (Lipinski definition) is 3. The van der Waals surface area contributed by atoms with E-state index in [-0.39, 0.29) is 0 Å². The summed E-state index contributed by atoms with van der Waals surface area (Å²) in [5.74, 6) is -1.60. The molecule has 0 fully saturated rings. The molecule has 2 aromatic carbocycles. The van der Waals surface area contributed by atoms with Gasteiger partial charge < -0.3 is 9.88 Å².